The molecule has 0 aliphatic carbocycles. The summed E-state index contributed by atoms with van der Waals surface area (Å²) >= 11 is 1.79. The van der Waals surface area contributed by atoms with Crippen molar-refractivity contribution in [3.8, 4) is 0 Å². The van der Waals surface area contributed by atoms with Gasteiger partial charge in [0.25, 0.3) is 0 Å². The van der Waals surface area contributed by atoms with Crippen molar-refractivity contribution in [2.45, 2.75) is 26.3 Å². The van der Waals surface area contributed by atoms with Gasteiger partial charge >= 0.3 is 0 Å². The Morgan fingerprint density at radius 3 is 2.88 bits per heavy atom. The topological polar surface area (TPSA) is 29.9 Å². The molecular weight excluding hydrogens is 230 g/mol. The lowest BCUT2D eigenvalue weighted by atomic mass is 10.1. The molecule has 1 atom stereocenters. The molecule has 1 N–H and O–H groups in total. The largest absolute Gasteiger partial charge is 0.305 e. The molecule has 2 aromatic rings. The Balaban J connectivity index is 2.30. The number of nitrogens with zero attached hydrogens (tertiary/aromatic N) is 2. The fourth-order valence-corrected chi connectivity index (χ4v) is 2.72. The van der Waals surface area contributed by atoms with Crippen molar-refractivity contribution in [3.63, 3.8) is 0 Å². The monoisotopic (exact) mass is 249 g/mol. The van der Waals surface area contributed by atoms with Crippen molar-refractivity contribution in [3.05, 3.63) is 39.8 Å². The number of nitrogens with one attached hydrogen (secondary N) is 1. The van der Waals surface area contributed by atoms with Gasteiger partial charge in [-0.1, -0.05) is 13.0 Å². The van der Waals surface area contributed by atoms with Gasteiger partial charge in [0.1, 0.15) is 0 Å². The Morgan fingerprint density at radius 1 is 1.53 bits per heavy atom. The highest BCUT2D eigenvalue weighted by Gasteiger charge is 2.18. The highest BCUT2D eigenvalue weighted by atomic mass is 32.1. The average Bonchev–Trinajstić information content (AvgIpc) is 2.94. The SMILES string of the molecule is CCCNC(c1cccs1)c1cnn(C)c1C. The van der Waals surface area contributed by atoms with Gasteiger partial charge in [0.15, 0.2) is 0 Å². The molecule has 2 heterocycles. The minimum absolute atomic E-state index is 0.281. The van der Waals surface area contributed by atoms with E-state index in [9.17, 15) is 0 Å². The Bertz CT molecular complexity index is 459. The fraction of sp³-hybridized carbons (Fsp3) is 0.462. The van der Waals surface area contributed by atoms with Crippen LogP contribution in [0.5, 0.6) is 0 Å². The third-order valence-electron chi connectivity index (χ3n) is 3.01. The normalized spacial score (nSPS) is 12.9. The predicted molar refractivity (Wildman–Crippen MR) is 72.4 cm³/mol. The Kier molecular flexibility index (Phi) is 3.97. The number of rotatable bonds is 5. The molecule has 0 bridgehead atoms. The van der Waals surface area contributed by atoms with Gasteiger partial charge in [-0.3, -0.25) is 4.68 Å². The van der Waals surface area contributed by atoms with Crippen LogP contribution in [0, 0.1) is 6.92 Å². The second-order valence-electron chi connectivity index (χ2n) is 4.21. The number of aryl methyl sites for hydroxylation is 1. The third-order valence-corrected chi connectivity index (χ3v) is 3.95. The second kappa shape index (κ2) is 5.47. The third kappa shape index (κ3) is 2.58. The minimum Gasteiger partial charge on any atom is -0.305 e. The number of thiophene rings is 1. The Hall–Kier alpha value is -1.13. The van der Waals surface area contributed by atoms with Crippen LogP contribution in [0.15, 0.2) is 23.7 Å². The van der Waals surface area contributed by atoms with Gasteiger partial charge in [0.2, 0.25) is 0 Å². The fourth-order valence-electron chi connectivity index (χ4n) is 1.91. The molecule has 0 spiro atoms. The van der Waals surface area contributed by atoms with Gasteiger partial charge in [-0.05, 0) is 31.3 Å². The van der Waals surface area contributed by atoms with Crippen molar-refractivity contribution in [1.82, 2.24) is 15.1 Å². The first-order valence-electron chi connectivity index (χ1n) is 5.99. The molecule has 0 aliphatic heterocycles. The molecule has 0 aromatic carbocycles. The first-order chi connectivity index (χ1) is 8.24. The maximum absolute atomic E-state index is 4.34. The van der Waals surface area contributed by atoms with Gasteiger partial charge in [-0.2, -0.15) is 5.10 Å². The maximum atomic E-state index is 4.34. The van der Waals surface area contributed by atoms with E-state index in [0.29, 0.717) is 0 Å². The summed E-state index contributed by atoms with van der Waals surface area (Å²) in [6.07, 6.45) is 3.11. The predicted octanol–water partition coefficient (Wildman–Crippen LogP) is 2.88. The quantitative estimate of drug-likeness (QED) is 0.883. The molecule has 0 radical (unpaired) electrons. The molecule has 92 valence electrons. The molecule has 0 saturated carbocycles. The number of hydrogen-bond acceptors (Lipinski definition) is 3. The molecular formula is C13H19N3S. The summed E-state index contributed by atoms with van der Waals surface area (Å²) in [6, 6.07) is 4.57. The highest BCUT2D eigenvalue weighted by molar-refractivity contribution is 7.10. The van der Waals surface area contributed by atoms with Crippen molar-refractivity contribution in [2.24, 2.45) is 7.05 Å². The zero-order valence-corrected chi connectivity index (χ0v) is 11.4. The molecule has 17 heavy (non-hydrogen) atoms. The molecule has 4 heteroatoms. The standard InChI is InChI=1S/C13H19N3S/c1-4-7-14-13(12-6-5-8-17-12)11-9-15-16(3)10(11)2/h5-6,8-9,13-14H,4,7H2,1-3H3. The lowest BCUT2D eigenvalue weighted by molar-refractivity contribution is 0.601. The van der Waals surface area contributed by atoms with E-state index in [1.807, 2.05) is 17.9 Å². The summed E-state index contributed by atoms with van der Waals surface area (Å²) in [5, 5.41) is 10.1. The summed E-state index contributed by atoms with van der Waals surface area (Å²) in [5.41, 5.74) is 2.51. The van der Waals surface area contributed by atoms with E-state index in [2.05, 4.69) is 41.8 Å². The zero-order chi connectivity index (χ0) is 12.3. The molecule has 3 nitrogen and oxygen atoms in total. The molecule has 0 aliphatic rings. The van der Waals surface area contributed by atoms with Crippen LogP contribution in [-0.4, -0.2) is 16.3 Å². The minimum atomic E-state index is 0.281. The van der Waals surface area contributed by atoms with Gasteiger partial charge in [0.05, 0.1) is 12.2 Å². The summed E-state index contributed by atoms with van der Waals surface area (Å²) in [5.74, 6) is 0. The van der Waals surface area contributed by atoms with Crippen molar-refractivity contribution < 1.29 is 0 Å². The lowest BCUT2D eigenvalue weighted by Crippen LogP contribution is -2.22. The van der Waals surface area contributed by atoms with Crippen molar-refractivity contribution >= 4 is 11.3 Å². The molecule has 0 saturated heterocycles. The zero-order valence-electron chi connectivity index (χ0n) is 10.6. The van der Waals surface area contributed by atoms with Crippen LogP contribution in [0.2, 0.25) is 0 Å². The van der Waals surface area contributed by atoms with Gasteiger partial charge in [-0.15, -0.1) is 11.3 Å². The molecule has 1 unspecified atom stereocenters. The molecule has 0 amide bonds. The van der Waals surface area contributed by atoms with Gasteiger partial charge in [-0.25, -0.2) is 0 Å². The van der Waals surface area contributed by atoms with Crippen molar-refractivity contribution in [2.75, 3.05) is 6.54 Å². The van der Waals surface area contributed by atoms with Crippen LogP contribution < -0.4 is 5.32 Å². The van der Waals surface area contributed by atoms with Crippen molar-refractivity contribution in [1.29, 1.82) is 0 Å². The summed E-state index contributed by atoms with van der Waals surface area (Å²) in [6.45, 7) is 5.34. The lowest BCUT2D eigenvalue weighted by Gasteiger charge is -2.17. The molecule has 0 fully saturated rings. The van der Waals surface area contributed by atoms with E-state index in [1.54, 1.807) is 11.3 Å². The summed E-state index contributed by atoms with van der Waals surface area (Å²) in [7, 11) is 1.99. The van der Waals surface area contributed by atoms with E-state index < -0.39 is 0 Å². The first-order valence-corrected chi connectivity index (χ1v) is 6.87. The van der Waals surface area contributed by atoms with Gasteiger partial charge < -0.3 is 5.32 Å². The van der Waals surface area contributed by atoms with Crippen LogP contribution in [-0.2, 0) is 7.05 Å². The highest BCUT2D eigenvalue weighted by Crippen LogP contribution is 2.27. The van der Waals surface area contributed by atoms with Crippen LogP contribution in [0.3, 0.4) is 0 Å². The number of aromatic nitrogens is 2. The van der Waals surface area contributed by atoms with E-state index in [1.165, 1.54) is 16.1 Å². The average molecular weight is 249 g/mol. The maximum Gasteiger partial charge on any atom is 0.0704 e. The van der Waals surface area contributed by atoms with Crippen LogP contribution in [0.4, 0.5) is 0 Å². The number of hydrogen-bond donors (Lipinski definition) is 1. The Morgan fingerprint density at radius 2 is 2.35 bits per heavy atom. The van der Waals surface area contributed by atoms with Crippen LogP contribution in [0.25, 0.3) is 0 Å². The summed E-state index contributed by atoms with van der Waals surface area (Å²) < 4.78 is 1.93. The summed E-state index contributed by atoms with van der Waals surface area (Å²) in [4.78, 5) is 1.36. The van der Waals surface area contributed by atoms with E-state index in [4.69, 9.17) is 0 Å². The van der Waals surface area contributed by atoms with E-state index >= 15 is 0 Å². The Labute approximate surface area is 106 Å². The molecule has 2 rings (SSSR count). The first kappa shape index (κ1) is 12.3. The van der Waals surface area contributed by atoms with Crippen LogP contribution >= 0.6 is 11.3 Å². The van der Waals surface area contributed by atoms with Crippen LogP contribution in [0.1, 0.15) is 35.5 Å². The van der Waals surface area contributed by atoms with E-state index in [0.717, 1.165) is 13.0 Å². The second-order valence-corrected chi connectivity index (χ2v) is 5.19. The van der Waals surface area contributed by atoms with Gasteiger partial charge in [0, 0.05) is 23.2 Å². The van der Waals surface area contributed by atoms with E-state index in [-0.39, 0.29) is 6.04 Å². The smallest absolute Gasteiger partial charge is 0.0704 e. The molecule has 2 aromatic heterocycles.